The molecule has 5 heteroatoms. The summed E-state index contributed by atoms with van der Waals surface area (Å²) in [4.78, 5) is 11.5. The van der Waals surface area contributed by atoms with Crippen molar-refractivity contribution in [2.75, 3.05) is 0 Å². The minimum Gasteiger partial charge on any atom is -0.456 e. The lowest BCUT2D eigenvalue weighted by molar-refractivity contribution is 0.669. The number of hydrogen-bond acceptors (Lipinski definition) is 4. The monoisotopic (exact) mass is 593 g/mol. The molecule has 4 aromatic heterocycles. The lowest BCUT2D eigenvalue weighted by Gasteiger charge is -2.09. The molecule has 0 radical (unpaired) electrons. The van der Waals surface area contributed by atoms with Crippen molar-refractivity contribution in [3.63, 3.8) is 0 Å². The zero-order valence-corrected chi connectivity index (χ0v) is 24.8. The highest BCUT2D eigenvalue weighted by atomic mass is 32.1. The number of hydrogen-bond donors (Lipinski definition) is 0. The molecule has 0 amide bonds. The summed E-state index contributed by atoms with van der Waals surface area (Å²) in [5, 5.41) is 6.96. The zero-order valence-electron chi connectivity index (χ0n) is 23.9. The van der Waals surface area contributed by atoms with Gasteiger partial charge in [0.15, 0.2) is 5.82 Å². The molecule has 0 atom stereocenters. The maximum absolute atomic E-state index is 6.24. The van der Waals surface area contributed by atoms with E-state index in [1.165, 1.54) is 31.9 Å². The summed E-state index contributed by atoms with van der Waals surface area (Å²) in [6, 6.07) is 48.8. The summed E-state index contributed by atoms with van der Waals surface area (Å²) in [6.07, 6.45) is 0. The van der Waals surface area contributed by atoms with Crippen molar-refractivity contribution >= 4 is 75.4 Å². The average molecular weight is 594 g/mol. The fourth-order valence-electron chi connectivity index (χ4n) is 6.87. The molecule has 0 aliphatic rings. The fourth-order valence-corrected chi connectivity index (χ4v) is 7.96. The predicted octanol–water partition coefficient (Wildman–Crippen LogP) is 11.2. The number of benzene rings is 6. The highest BCUT2D eigenvalue weighted by Crippen LogP contribution is 2.46. The maximum atomic E-state index is 6.24. The standard InChI is InChI=1S/C40H23N3OS/c1-3-11-24(12-4-1)38-37-36-34(22-21-31-35(36)29-16-7-9-17-30(29)43(31)26-13-5-2-6-14-26)45-40(37)42-39(41-38)25-19-20-28-27-15-8-10-18-32(27)44-33(28)23-25/h1-23H. The van der Waals surface area contributed by atoms with Crippen molar-refractivity contribution in [2.24, 2.45) is 0 Å². The van der Waals surface area contributed by atoms with E-state index in [4.69, 9.17) is 14.4 Å². The molecule has 0 fully saturated rings. The Morgan fingerprint density at radius 2 is 1.24 bits per heavy atom. The molecule has 0 aliphatic heterocycles. The molecule has 210 valence electrons. The van der Waals surface area contributed by atoms with Gasteiger partial charge in [-0.1, -0.05) is 91.0 Å². The summed E-state index contributed by atoms with van der Waals surface area (Å²) in [5.74, 6) is 0.693. The Morgan fingerprint density at radius 1 is 0.511 bits per heavy atom. The number of thiophene rings is 1. The molecule has 0 saturated heterocycles. The number of fused-ring (bicyclic) bond motifs is 10. The third-order valence-electron chi connectivity index (χ3n) is 8.83. The van der Waals surface area contributed by atoms with Crippen LogP contribution in [-0.4, -0.2) is 14.5 Å². The summed E-state index contributed by atoms with van der Waals surface area (Å²) in [7, 11) is 0. The number of furan rings is 1. The number of para-hydroxylation sites is 3. The fraction of sp³-hybridized carbons (Fsp3) is 0. The van der Waals surface area contributed by atoms with Crippen LogP contribution in [0, 0.1) is 0 Å². The van der Waals surface area contributed by atoms with Crippen molar-refractivity contribution in [3.8, 4) is 28.3 Å². The van der Waals surface area contributed by atoms with E-state index < -0.39 is 0 Å². The van der Waals surface area contributed by atoms with Gasteiger partial charge in [-0.25, -0.2) is 9.97 Å². The van der Waals surface area contributed by atoms with Crippen LogP contribution in [0.3, 0.4) is 0 Å². The molecule has 0 saturated carbocycles. The quantitative estimate of drug-likeness (QED) is 0.205. The predicted molar refractivity (Wildman–Crippen MR) is 187 cm³/mol. The normalized spacial score (nSPS) is 12.0. The van der Waals surface area contributed by atoms with Gasteiger partial charge in [0.25, 0.3) is 0 Å². The van der Waals surface area contributed by atoms with Gasteiger partial charge in [0.05, 0.1) is 16.7 Å². The third-order valence-corrected chi connectivity index (χ3v) is 9.88. The van der Waals surface area contributed by atoms with E-state index in [0.717, 1.165) is 54.7 Å². The van der Waals surface area contributed by atoms with Crippen LogP contribution in [0.1, 0.15) is 0 Å². The van der Waals surface area contributed by atoms with Gasteiger partial charge in [-0.05, 0) is 48.5 Å². The Balaban J connectivity index is 1.31. The number of aromatic nitrogens is 3. The van der Waals surface area contributed by atoms with Crippen molar-refractivity contribution in [2.45, 2.75) is 0 Å². The smallest absolute Gasteiger partial charge is 0.161 e. The van der Waals surface area contributed by atoms with Crippen LogP contribution in [0.25, 0.3) is 92.4 Å². The molecule has 0 N–H and O–H groups in total. The lowest BCUT2D eigenvalue weighted by atomic mass is 10.0. The van der Waals surface area contributed by atoms with Crippen LogP contribution in [0.5, 0.6) is 0 Å². The summed E-state index contributed by atoms with van der Waals surface area (Å²) in [6.45, 7) is 0. The van der Waals surface area contributed by atoms with Crippen molar-refractivity contribution in [1.29, 1.82) is 0 Å². The Kier molecular flexibility index (Phi) is 5.12. The highest BCUT2D eigenvalue weighted by Gasteiger charge is 2.22. The first-order valence-corrected chi connectivity index (χ1v) is 15.8. The molecule has 10 aromatic rings. The van der Waals surface area contributed by atoms with E-state index >= 15 is 0 Å². The number of nitrogens with zero attached hydrogens (tertiary/aromatic N) is 3. The summed E-state index contributed by atoms with van der Waals surface area (Å²) < 4.78 is 9.81. The van der Waals surface area contributed by atoms with E-state index in [0.29, 0.717) is 5.82 Å². The van der Waals surface area contributed by atoms with Gasteiger partial charge in [-0.2, -0.15) is 0 Å². The van der Waals surface area contributed by atoms with Gasteiger partial charge in [0, 0.05) is 53.8 Å². The van der Waals surface area contributed by atoms with Crippen LogP contribution in [-0.2, 0) is 0 Å². The Labute approximate surface area is 261 Å². The average Bonchev–Trinajstić information content (AvgIpc) is 3.77. The Hall–Kier alpha value is -5.78. The molecule has 10 rings (SSSR count). The lowest BCUT2D eigenvalue weighted by Crippen LogP contribution is -1.94. The SMILES string of the molecule is c1ccc(-c2nc(-c3ccc4c(c3)oc3ccccc34)nc3sc4ccc5c(c6ccccc6n5-c5ccccc5)c4c23)cc1. The first kappa shape index (κ1) is 24.6. The zero-order chi connectivity index (χ0) is 29.5. The first-order chi connectivity index (χ1) is 22.3. The van der Waals surface area contributed by atoms with E-state index in [1.807, 2.05) is 18.2 Å². The van der Waals surface area contributed by atoms with Gasteiger partial charge in [0.1, 0.15) is 16.0 Å². The Morgan fingerprint density at radius 3 is 2.11 bits per heavy atom. The molecule has 0 aliphatic carbocycles. The van der Waals surface area contributed by atoms with Crippen LogP contribution in [0.2, 0.25) is 0 Å². The van der Waals surface area contributed by atoms with E-state index in [-0.39, 0.29) is 0 Å². The summed E-state index contributed by atoms with van der Waals surface area (Å²) in [5.41, 5.74) is 8.17. The third kappa shape index (κ3) is 3.59. The van der Waals surface area contributed by atoms with Gasteiger partial charge >= 0.3 is 0 Å². The minimum absolute atomic E-state index is 0.693. The van der Waals surface area contributed by atoms with Gasteiger partial charge in [0.2, 0.25) is 0 Å². The van der Waals surface area contributed by atoms with E-state index in [2.05, 4.69) is 126 Å². The van der Waals surface area contributed by atoms with Crippen molar-refractivity contribution in [3.05, 3.63) is 140 Å². The summed E-state index contributed by atoms with van der Waals surface area (Å²) >= 11 is 1.73. The minimum atomic E-state index is 0.693. The second kappa shape index (κ2) is 9.36. The van der Waals surface area contributed by atoms with Crippen LogP contribution in [0.15, 0.2) is 144 Å². The largest absolute Gasteiger partial charge is 0.456 e. The molecule has 45 heavy (non-hydrogen) atoms. The van der Waals surface area contributed by atoms with E-state index in [1.54, 1.807) is 11.3 Å². The molecule has 0 bridgehead atoms. The molecular formula is C40H23N3OS. The molecule has 4 heterocycles. The van der Waals surface area contributed by atoms with Crippen molar-refractivity contribution < 1.29 is 4.42 Å². The maximum Gasteiger partial charge on any atom is 0.161 e. The van der Waals surface area contributed by atoms with Crippen LogP contribution >= 0.6 is 11.3 Å². The topological polar surface area (TPSA) is 43.9 Å². The van der Waals surface area contributed by atoms with Gasteiger partial charge in [-0.3, -0.25) is 0 Å². The van der Waals surface area contributed by atoms with Gasteiger partial charge in [-0.15, -0.1) is 11.3 Å². The first-order valence-electron chi connectivity index (χ1n) is 15.0. The van der Waals surface area contributed by atoms with Gasteiger partial charge < -0.3 is 8.98 Å². The molecule has 4 nitrogen and oxygen atoms in total. The second-order valence-corrected chi connectivity index (χ2v) is 12.4. The van der Waals surface area contributed by atoms with Crippen LogP contribution in [0.4, 0.5) is 0 Å². The van der Waals surface area contributed by atoms with Crippen molar-refractivity contribution in [1.82, 2.24) is 14.5 Å². The van der Waals surface area contributed by atoms with E-state index in [9.17, 15) is 0 Å². The second-order valence-electron chi connectivity index (χ2n) is 11.4. The highest BCUT2D eigenvalue weighted by molar-refractivity contribution is 7.25. The molecular weight excluding hydrogens is 571 g/mol. The Bertz CT molecular complexity index is 2760. The molecule has 6 aromatic carbocycles. The molecule has 0 unspecified atom stereocenters. The number of rotatable bonds is 3. The van der Waals surface area contributed by atoms with Crippen LogP contribution < -0.4 is 0 Å². The molecule has 0 spiro atoms.